The first-order valence-corrected chi connectivity index (χ1v) is 3.62. The highest BCUT2D eigenvalue weighted by atomic mass is 16.5. The van der Waals surface area contributed by atoms with Gasteiger partial charge in [0.05, 0.1) is 6.61 Å². The van der Waals surface area contributed by atoms with Gasteiger partial charge in [0.15, 0.2) is 0 Å². The first-order valence-electron chi connectivity index (χ1n) is 3.62. The molecule has 0 aliphatic carbocycles. The Balaban J connectivity index is 0.000000291. The standard InChI is InChI=1S/C5H10O2.C2H6/c6-3-5-1-2-7-4-5;1-2/h5-6H,1-4H2;1-2H3/t5-;/m0./s1. The van der Waals surface area contributed by atoms with E-state index in [1.165, 1.54) is 0 Å². The zero-order chi connectivity index (χ0) is 7.11. The Morgan fingerprint density at radius 2 is 2.22 bits per heavy atom. The van der Waals surface area contributed by atoms with Gasteiger partial charge in [-0.05, 0) is 6.42 Å². The summed E-state index contributed by atoms with van der Waals surface area (Å²) in [7, 11) is 0. The van der Waals surface area contributed by atoms with Crippen LogP contribution in [0.2, 0.25) is 0 Å². The maximum atomic E-state index is 8.49. The lowest BCUT2D eigenvalue weighted by atomic mass is 10.1. The molecule has 1 atom stereocenters. The fourth-order valence-corrected chi connectivity index (χ4v) is 0.727. The summed E-state index contributed by atoms with van der Waals surface area (Å²) in [5, 5.41) is 8.49. The van der Waals surface area contributed by atoms with E-state index in [0.29, 0.717) is 12.5 Å². The molecule has 0 spiro atoms. The number of ether oxygens (including phenoxy) is 1. The topological polar surface area (TPSA) is 29.5 Å². The van der Waals surface area contributed by atoms with Gasteiger partial charge in [-0.1, -0.05) is 13.8 Å². The van der Waals surface area contributed by atoms with Crippen LogP contribution < -0.4 is 0 Å². The van der Waals surface area contributed by atoms with Gasteiger partial charge in [-0.2, -0.15) is 0 Å². The fraction of sp³-hybridized carbons (Fsp3) is 1.00. The number of rotatable bonds is 1. The summed E-state index contributed by atoms with van der Waals surface area (Å²) in [4.78, 5) is 0. The molecule has 1 rings (SSSR count). The molecule has 1 heterocycles. The summed E-state index contributed by atoms with van der Waals surface area (Å²) in [5.41, 5.74) is 0. The van der Waals surface area contributed by atoms with E-state index in [-0.39, 0.29) is 0 Å². The van der Waals surface area contributed by atoms with Crippen molar-refractivity contribution in [3.8, 4) is 0 Å². The molecule has 0 aromatic heterocycles. The van der Waals surface area contributed by atoms with E-state index < -0.39 is 0 Å². The number of aliphatic hydroxyl groups is 1. The summed E-state index contributed by atoms with van der Waals surface area (Å²) in [6.45, 7) is 5.89. The van der Waals surface area contributed by atoms with Crippen LogP contribution in [-0.2, 0) is 4.74 Å². The van der Waals surface area contributed by atoms with Crippen LogP contribution in [0.5, 0.6) is 0 Å². The average Bonchev–Trinajstić information content (AvgIpc) is 2.43. The Morgan fingerprint density at radius 3 is 2.44 bits per heavy atom. The molecule has 1 saturated heterocycles. The molecule has 0 aromatic carbocycles. The molecule has 56 valence electrons. The zero-order valence-electron chi connectivity index (χ0n) is 6.26. The third kappa shape index (κ3) is 3.49. The van der Waals surface area contributed by atoms with Gasteiger partial charge in [-0.25, -0.2) is 0 Å². The monoisotopic (exact) mass is 132 g/mol. The molecular weight excluding hydrogens is 116 g/mol. The van der Waals surface area contributed by atoms with E-state index in [0.717, 1.165) is 19.6 Å². The lowest BCUT2D eigenvalue weighted by Gasteiger charge is -1.96. The van der Waals surface area contributed by atoms with Crippen LogP contribution in [0.3, 0.4) is 0 Å². The Labute approximate surface area is 56.8 Å². The summed E-state index contributed by atoms with van der Waals surface area (Å²) in [6.07, 6.45) is 1.04. The van der Waals surface area contributed by atoms with Crippen molar-refractivity contribution >= 4 is 0 Å². The predicted octanol–water partition coefficient (Wildman–Crippen LogP) is 1.04. The van der Waals surface area contributed by atoms with Gasteiger partial charge in [0.25, 0.3) is 0 Å². The van der Waals surface area contributed by atoms with Crippen LogP contribution >= 0.6 is 0 Å². The lowest BCUT2D eigenvalue weighted by molar-refractivity contribution is 0.161. The van der Waals surface area contributed by atoms with Crippen molar-refractivity contribution in [2.45, 2.75) is 20.3 Å². The minimum atomic E-state index is 0.292. The smallest absolute Gasteiger partial charge is 0.0517 e. The maximum absolute atomic E-state index is 8.49. The van der Waals surface area contributed by atoms with E-state index in [2.05, 4.69) is 0 Å². The Morgan fingerprint density at radius 1 is 1.56 bits per heavy atom. The SMILES string of the molecule is CC.OC[C@@H]1CCOC1. The molecule has 0 aromatic rings. The van der Waals surface area contributed by atoms with Crippen LogP contribution in [-0.4, -0.2) is 24.9 Å². The van der Waals surface area contributed by atoms with Crippen LogP contribution in [0.4, 0.5) is 0 Å². The third-order valence-corrected chi connectivity index (χ3v) is 1.28. The highest BCUT2D eigenvalue weighted by molar-refractivity contribution is 4.60. The van der Waals surface area contributed by atoms with Gasteiger partial charge in [0.2, 0.25) is 0 Å². The fourth-order valence-electron chi connectivity index (χ4n) is 0.727. The quantitative estimate of drug-likeness (QED) is 0.577. The Hall–Kier alpha value is -0.0800. The molecule has 2 heteroatoms. The van der Waals surface area contributed by atoms with Crippen LogP contribution in [0, 0.1) is 5.92 Å². The third-order valence-electron chi connectivity index (χ3n) is 1.28. The highest BCUT2D eigenvalue weighted by Gasteiger charge is 2.12. The van der Waals surface area contributed by atoms with Gasteiger partial charge in [-0.3, -0.25) is 0 Å². The summed E-state index contributed by atoms with van der Waals surface area (Å²) >= 11 is 0. The molecule has 2 nitrogen and oxygen atoms in total. The second-order valence-corrected chi connectivity index (χ2v) is 1.91. The van der Waals surface area contributed by atoms with Crippen LogP contribution in [0.1, 0.15) is 20.3 Å². The van der Waals surface area contributed by atoms with E-state index in [1.807, 2.05) is 13.8 Å². The molecule has 1 N–H and O–H groups in total. The molecule has 0 radical (unpaired) electrons. The molecule has 1 aliphatic rings. The molecule has 0 unspecified atom stereocenters. The van der Waals surface area contributed by atoms with Crippen LogP contribution in [0.25, 0.3) is 0 Å². The first kappa shape index (κ1) is 8.92. The normalized spacial score (nSPS) is 25.0. The predicted molar refractivity (Wildman–Crippen MR) is 37.4 cm³/mol. The van der Waals surface area contributed by atoms with Gasteiger partial charge in [-0.15, -0.1) is 0 Å². The van der Waals surface area contributed by atoms with E-state index >= 15 is 0 Å². The molecule has 0 bridgehead atoms. The lowest BCUT2D eigenvalue weighted by Crippen LogP contribution is -2.03. The van der Waals surface area contributed by atoms with E-state index in [1.54, 1.807) is 0 Å². The van der Waals surface area contributed by atoms with Crippen molar-refractivity contribution in [2.75, 3.05) is 19.8 Å². The second-order valence-electron chi connectivity index (χ2n) is 1.91. The van der Waals surface area contributed by atoms with Crippen molar-refractivity contribution in [3.05, 3.63) is 0 Å². The first-order chi connectivity index (χ1) is 4.43. The number of hydrogen-bond donors (Lipinski definition) is 1. The van der Waals surface area contributed by atoms with Crippen molar-refractivity contribution in [2.24, 2.45) is 5.92 Å². The Kier molecular flexibility index (Phi) is 5.99. The maximum Gasteiger partial charge on any atom is 0.0517 e. The summed E-state index contributed by atoms with van der Waals surface area (Å²) in [6, 6.07) is 0. The van der Waals surface area contributed by atoms with Crippen molar-refractivity contribution in [1.82, 2.24) is 0 Å². The molecule has 1 aliphatic heterocycles. The van der Waals surface area contributed by atoms with Gasteiger partial charge in [0, 0.05) is 19.1 Å². The largest absolute Gasteiger partial charge is 0.396 e. The molecule has 9 heavy (non-hydrogen) atoms. The summed E-state index contributed by atoms with van der Waals surface area (Å²) < 4.78 is 4.99. The Bertz CT molecular complexity index is 48.9. The van der Waals surface area contributed by atoms with Gasteiger partial charge >= 0.3 is 0 Å². The van der Waals surface area contributed by atoms with Crippen molar-refractivity contribution < 1.29 is 9.84 Å². The molecular formula is C7H16O2. The molecule has 0 amide bonds. The minimum Gasteiger partial charge on any atom is -0.396 e. The average molecular weight is 132 g/mol. The van der Waals surface area contributed by atoms with Gasteiger partial charge < -0.3 is 9.84 Å². The van der Waals surface area contributed by atoms with Gasteiger partial charge in [0.1, 0.15) is 0 Å². The van der Waals surface area contributed by atoms with E-state index in [9.17, 15) is 0 Å². The minimum absolute atomic E-state index is 0.292. The van der Waals surface area contributed by atoms with E-state index in [4.69, 9.17) is 9.84 Å². The number of aliphatic hydroxyl groups excluding tert-OH is 1. The van der Waals surface area contributed by atoms with Crippen molar-refractivity contribution in [1.29, 1.82) is 0 Å². The highest BCUT2D eigenvalue weighted by Crippen LogP contribution is 2.09. The number of hydrogen-bond acceptors (Lipinski definition) is 2. The zero-order valence-corrected chi connectivity index (χ0v) is 6.26. The second kappa shape index (κ2) is 6.05. The molecule has 0 saturated carbocycles. The summed E-state index contributed by atoms with van der Waals surface area (Å²) in [5.74, 6) is 0.431. The van der Waals surface area contributed by atoms with Crippen LogP contribution in [0.15, 0.2) is 0 Å². The van der Waals surface area contributed by atoms with Crippen molar-refractivity contribution in [3.63, 3.8) is 0 Å². The molecule has 1 fully saturated rings.